The highest BCUT2D eigenvalue weighted by atomic mass is 19.3. The smallest absolute Gasteiger partial charge is 0.387 e. The second kappa shape index (κ2) is 7.94. The standard InChI is InChI=1S/C19H17F2N3O3/c1-23(11-13-6-8-15(9-7-13)27-19(20)21)17(25)12-24-18(26)16-5-3-2-4-14(16)10-22-24/h2-10,19H,11-12H2,1H3. The molecule has 3 aromatic rings. The molecule has 0 saturated heterocycles. The highest BCUT2D eigenvalue weighted by Gasteiger charge is 2.13. The SMILES string of the molecule is CN(Cc1ccc(OC(F)F)cc1)C(=O)Cn1ncc2ccccc2c1=O. The van der Waals surface area contributed by atoms with Gasteiger partial charge < -0.3 is 9.64 Å². The molecule has 27 heavy (non-hydrogen) atoms. The van der Waals surface area contributed by atoms with Crippen molar-refractivity contribution in [2.45, 2.75) is 19.7 Å². The van der Waals surface area contributed by atoms with Gasteiger partial charge in [0.05, 0.1) is 11.6 Å². The fourth-order valence-electron chi connectivity index (χ4n) is 2.63. The quantitative estimate of drug-likeness (QED) is 0.666. The first kappa shape index (κ1) is 18.5. The van der Waals surface area contributed by atoms with Crippen LogP contribution in [0.4, 0.5) is 8.78 Å². The van der Waals surface area contributed by atoms with Gasteiger partial charge in [-0.2, -0.15) is 13.9 Å². The normalized spacial score (nSPS) is 11.0. The number of hydrogen-bond donors (Lipinski definition) is 0. The van der Waals surface area contributed by atoms with Crippen molar-refractivity contribution in [3.8, 4) is 5.75 Å². The van der Waals surface area contributed by atoms with E-state index in [1.165, 1.54) is 17.0 Å². The lowest BCUT2D eigenvalue weighted by molar-refractivity contribution is -0.131. The van der Waals surface area contributed by atoms with Gasteiger partial charge in [-0.3, -0.25) is 9.59 Å². The zero-order chi connectivity index (χ0) is 19.4. The summed E-state index contributed by atoms with van der Waals surface area (Å²) in [5.41, 5.74) is 0.412. The Kier molecular flexibility index (Phi) is 5.44. The van der Waals surface area contributed by atoms with Crippen molar-refractivity contribution in [3.63, 3.8) is 0 Å². The molecule has 6 nitrogen and oxygen atoms in total. The number of alkyl halides is 2. The number of amides is 1. The molecule has 0 atom stereocenters. The third kappa shape index (κ3) is 4.46. The Balaban J connectivity index is 1.67. The molecule has 0 N–H and O–H groups in total. The average Bonchev–Trinajstić information content (AvgIpc) is 2.65. The van der Waals surface area contributed by atoms with E-state index in [9.17, 15) is 18.4 Å². The Hall–Kier alpha value is -3.29. The number of hydrogen-bond acceptors (Lipinski definition) is 4. The lowest BCUT2D eigenvalue weighted by Crippen LogP contribution is -2.34. The van der Waals surface area contributed by atoms with Crippen LogP contribution in [-0.4, -0.2) is 34.2 Å². The number of aromatic nitrogens is 2. The van der Waals surface area contributed by atoms with Crippen LogP contribution in [0.15, 0.2) is 59.5 Å². The summed E-state index contributed by atoms with van der Waals surface area (Å²) in [4.78, 5) is 26.3. The van der Waals surface area contributed by atoms with E-state index in [2.05, 4.69) is 9.84 Å². The topological polar surface area (TPSA) is 64.4 Å². The molecule has 0 aliphatic rings. The number of nitrogens with zero attached hydrogens (tertiary/aromatic N) is 3. The second-order valence-corrected chi connectivity index (χ2v) is 5.97. The Morgan fingerprint density at radius 2 is 1.89 bits per heavy atom. The molecule has 0 aliphatic carbocycles. The number of likely N-dealkylation sites (N-methyl/N-ethyl adjacent to an activating group) is 1. The van der Waals surface area contributed by atoms with Crippen LogP contribution in [0.5, 0.6) is 5.75 Å². The van der Waals surface area contributed by atoms with Gasteiger partial charge in [-0.05, 0) is 23.8 Å². The van der Waals surface area contributed by atoms with Gasteiger partial charge in [0, 0.05) is 19.0 Å². The van der Waals surface area contributed by atoms with Crippen LogP contribution < -0.4 is 10.3 Å². The van der Waals surface area contributed by atoms with Gasteiger partial charge in [-0.25, -0.2) is 4.68 Å². The van der Waals surface area contributed by atoms with E-state index in [-0.39, 0.29) is 30.3 Å². The first-order valence-corrected chi connectivity index (χ1v) is 8.16. The molecule has 0 fully saturated rings. The molecule has 8 heteroatoms. The average molecular weight is 373 g/mol. The van der Waals surface area contributed by atoms with Crippen molar-refractivity contribution in [3.05, 3.63) is 70.6 Å². The van der Waals surface area contributed by atoms with Crippen molar-refractivity contribution in [1.82, 2.24) is 14.7 Å². The Bertz CT molecular complexity index is 1000. The first-order chi connectivity index (χ1) is 12.9. The van der Waals surface area contributed by atoms with Crippen molar-refractivity contribution in [2.75, 3.05) is 7.05 Å². The van der Waals surface area contributed by atoms with Crippen molar-refractivity contribution in [2.24, 2.45) is 0 Å². The summed E-state index contributed by atoms with van der Waals surface area (Å²) in [6.07, 6.45) is 1.55. The fourth-order valence-corrected chi connectivity index (χ4v) is 2.63. The largest absolute Gasteiger partial charge is 0.435 e. The van der Waals surface area contributed by atoms with E-state index in [4.69, 9.17) is 0 Å². The van der Waals surface area contributed by atoms with Gasteiger partial charge in [0.25, 0.3) is 5.56 Å². The predicted molar refractivity (Wildman–Crippen MR) is 95.6 cm³/mol. The maximum atomic E-state index is 12.4. The molecule has 0 radical (unpaired) electrons. The van der Waals surface area contributed by atoms with Gasteiger partial charge in [-0.1, -0.05) is 30.3 Å². The lowest BCUT2D eigenvalue weighted by Gasteiger charge is -2.18. The van der Waals surface area contributed by atoms with Crippen LogP contribution >= 0.6 is 0 Å². The molecule has 1 heterocycles. The van der Waals surface area contributed by atoms with Crippen LogP contribution in [0, 0.1) is 0 Å². The molecular weight excluding hydrogens is 356 g/mol. The van der Waals surface area contributed by atoms with E-state index in [1.807, 2.05) is 6.07 Å². The van der Waals surface area contributed by atoms with E-state index in [0.717, 1.165) is 10.2 Å². The third-order valence-electron chi connectivity index (χ3n) is 4.04. The van der Waals surface area contributed by atoms with E-state index in [1.54, 1.807) is 43.6 Å². The molecule has 0 spiro atoms. The summed E-state index contributed by atoms with van der Waals surface area (Å²) < 4.78 is 29.7. The number of ether oxygens (including phenoxy) is 1. The molecule has 0 unspecified atom stereocenters. The Morgan fingerprint density at radius 3 is 2.59 bits per heavy atom. The maximum Gasteiger partial charge on any atom is 0.387 e. The summed E-state index contributed by atoms with van der Waals surface area (Å²) >= 11 is 0. The minimum absolute atomic E-state index is 0.0506. The molecule has 1 amide bonds. The number of benzene rings is 2. The van der Waals surface area contributed by atoms with Gasteiger partial charge in [0.15, 0.2) is 0 Å². The monoisotopic (exact) mass is 373 g/mol. The fraction of sp³-hybridized carbons (Fsp3) is 0.211. The molecule has 0 saturated carbocycles. The Morgan fingerprint density at radius 1 is 1.19 bits per heavy atom. The van der Waals surface area contributed by atoms with E-state index < -0.39 is 6.61 Å². The second-order valence-electron chi connectivity index (χ2n) is 5.97. The minimum atomic E-state index is -2.88. The van der Waals surface area contributed by atoms with Crippen LogP contribution in [0.1, 0.15) is 5.56 Å². The molecular formula is C19H17F2N3O3. The number of rotatable bonds is 6. The number of halogens is 2. The van der Waals surface area contributed by atoms with Crippen LogP contribution in [0.2, 0.25) is 0 Å². The van der Waals surface area contributed by atoms with Gasteiger partial charge in [-0.15, -0.1) is 0 Å². The maximum absolute atomic E-state index is 12.4. The molecule has 2 aromatic carbocycles. The number of carbonyl (C=O) groups excluding carboxylic acids is 1. The van der Waals surface area contributed by atoms with Crippen LogP contribution in [-0.2, 0) is 17.9 Å². The molecule has 0 aliphatic heterocycles. The molecule has 0 bridgehead atoms. The summed E-state index contributed by atoms with van der Waals surface area (Å²) in [7, 11) is 1.60. The molecule has 3 rings (SSSR count). The van der Waals surface area contributed by atoms with Crippen LogP contribution in [0.25, 0.3) is 10.8 Å². The highest BCUT2D eigenvalue weighted by molar-refractivity contribution is 5.81. The Labute approximate surface area is 153 Å². The minimum Gasteiger partial charge on any atom is -0.435 e. The van der Waals surface area contributed by atoms with Crippen LogP contribution in [0.3, 0.4) is 0 Å². The zero-order valence-corrected chi connectivity index (χ0v) is 14.5. The summed E-state index contributed by atoms with van der Waals surface area (Å²) in [6, 6.07) is 13.1. The van der Waals surface area contributed by atoms with Gasteiger partial charge in [0.1, 0.15) is 12.3 Å². The van der Waals surface area contributed by atoms with E-state index in [0.29, 0.717) is 10.8 Å². The first-order valence-electron chi connectivity index (χ1n) is 8.16. The molecule has 1 aromatic heterocycles. The summed E-state index contributed by atoms with van der Waals surface area (Å²) in [5, 5.41) is 5.26. The van der Waals surface area contributed by atoms with Crippen molar-refractivity contribution < 1.29 is 18.3 Å². The zero-order valence-electron chi connectivity index (χ0n) is 14.5. The van der Waals surface area contributed by atoms with Gasteiger partial charge in [0.2, 0.25) is 5.91 Å². The van der Waals surface area contributed by atoms with E-state index >= 15 is 0 Å². The number of carbonyl (C=O) groups is 1. The molecule has 140 valence electrons. The van der Waals surface area contributed by atoms with Crippen molar-refractivity contribution in [1.29, 1.82) is 0 Å². The highest BCUT2D eigenvalue weighted by Crippen LogP contribution is 2.16. The predicted octanol–water partition coefficient (Wildman–Crippen LogP) is 2.66. The summed E-state index contributed by atoms with van der Waals surface area (Å²) in [6.45, 7) is -2.81. The van der Waals surface area contributed by atoms with Crippen molar-refractivity contribution >= 4 is 16.7 Å². The third-order valence-corrected chi connectivity index (χ3v) is 4.04. The summed E-state index contributed by atoms with van der Waals surface area (Å²) in [5.74, 6) is -0.248. The lowest BCUT2D eigenvalue weighted by atomic mass is 10.2. The number of fused-ring (bicyclic) bond motifs is 1. The van der Waals surface area contributed by atoms with Gasteiger partial charge >= 0.3 is 6.61 Å².